The Kier molecular flexibility index (Phi) is 4.03. The number of anilines is 2. The zero-order valence-electron chi connectivity index (χ0n) is 10.6. The lowest BCUT2D eigenvalue weighted by Gasteiger charge is -2.14. The van der Waals surface area contributed by atoms with E-state index < -0.39 is 0 Å². The number of nitrogens with two attached hydrogens (primary N) is 1. The largest absolute Gasteiger partial charge is 0.437 e. The van der Waals surface area contributed by atoms with Crippen LogP contribution in [-0.2, 0) is 0 Å². The number of ether oxygens (including phenoxy) is 1. The van der Waals surface area contributed by atoms with E-state index in [0.29, 0.717) is 10.8 Å². The highest BCUT2D eigenvalue weighted by Crippen LogP contribution is 2.29. The maximum absolute atomic E-state index is 5.98. The van der Waals surface area contributed by atoms with Crippen molar-refractivity contribution in [2.45, 2.75) is 0 Å². The Balaban J connectivity index is 2.28. The Labute approximate surface area is 116 Å². The molecular formula is C12H14ClN5O. The number of hydrogen-bond acceptors (Lipinski definition) is 6. The van der Waals surface area contributed by atoms with Crippen LogP contribution < -0.4 is 20.9 Å². The number of hydrazine groups is 1. The van der Waals surface area contributed by atoms with Gasteiger partial charge < -0.3 is 9.64 Å². The van der Waals surface area contributed by atoms with Gasteiger partial charge in [0.1, 0.15) is 10.8 Å². The van der Waals surface area contributed by atoms with Crippen molar-refractivity contribution in [1.29, 1.82) is 0 Å². The molecule has 0 aliphatic heterocycles. The zero-order chi connectivity index (χ0) is 13.8. The summed E-state index contributed by atoms with van der Waals surface area (Å²) in [6.45, 7) is 0. The van der Waals surface area contributed by atoms with E-state index in [1.54, 1.807) is 0 Å². The van der Waals surface area contributed by atoms with Gasteiger partial charge >= 0.3 is 0 Å². The average molecular weight is 280 g/mol. The molecule has 1 aromatic carbocycles. The van der Waals surface area contributed by atoms with Crippen LogP contribution in [0.15, 0.2) is 30.5 Å². The van der Waals surface area contributed by atoms with Crippen LogP contribution in [0, 0.1) is 0 Å². The van der Waals surface area contributed by atoms with E-state index >= 15 is 0 Å². The highest BCUT2D eigenvalue weighted by molar-refractivity contribution is 6.31. The van der Waals surface area contributed by atoms with Gasteiger partial charge in [-0.3, -0.25) is 5.43 Å². The first kappa shape index (κ1) is 13.4. The Hall–Kier alpha value is -2.05. The quantitative estimate of drug-likeness (QED) is 0.660. The molecule has 1 aromatic heterocycles. The summed E-state index contributed by atoms with van der Waals surface area (Å²) in [5, 5.41) is 0.314. The van der Waals surface area contributed by atoms with Crippen LogP contribution in [-0.4, -0.2) is 24.1 Å². The molecule has 1 heterocycles. The molecule has 0 spiro atoms. The summed E-state index contributed by atoms with van der Waals surface area (Å²) in [5.41, 5.74) is 3.35. The third-order valence-electron chi connectivity index (χ3n) is 2.39. The first-order valence-electron chi connectivity index (χ1n) is 5.54. The van der Waals surface area contributed by atoms with Gasteiger partial charge in [0.15, 0.2) is 0 Å². The van der Waals surface area contributed by atoms with Crippen LogP contribution in [0.4, 0.5) is 11.6 Å². The van der Waals surface area contributed by atoms with Crippen LogP contribution in [0.3, 0.4) is 0 Å². The fourth-order valence-corrected chi connectivity index (χ4v) is 1.56. The zero-order valence-corrected chi connectivity index (χ0v) is 11.3. The fraction of sp³-hybridized carbons (Fsp3) is 0.167. The summed E-state index contributed by atoms with van der Waals surface area (Å²) in [7, 11) is 3.90. The molecule has 3 N–H and O–H groups in total. The molecule has 19 heavy (non-hydrogen) atoms. The minimum Gasteiger partial charge on any atom is -0.437 e. The van der Waals surface area contributed by atoms with Crippen molar-refractivity contribution in [3.8, 4) is 11.6 Å². The molecule has 0 unspecified atom stereocenters. The van der Waals surface area contributed by atoms with E-state index in [9.17, 15) is 0 Å². The smallest absolute Gasteiger partial charge is 0.243 e. The Morgan fingerprint density at radius 1 is 1.37 bits per heavy atom. The molecule has 2 aromatic rings. The summed E-state index contributed by atoms with van der Waals surface area (Å²) in [5.74, 6) is 6.37. The van der Waals surface area contributed by atoms with Gasteiger partial charge in [0.2, 0.25) is 11.8 Å². The lowest BCUT2D eigenvalue weighted by molar-refractivity contribution is 0.462. The van der Waals surface area contributed by atoms with Crippen molar-refractivity contribution in [2.75, 3.05) is 24.4 Å². The summed E-state index contributed by atoms with van der Waals surface area (Å²) < 4.78 is 5.64. The molecule has 0 atom stereocenters. The number of halogens is 1. The second-order valence-electron chi connectivity index (χ2n) is 3.98. The molecule has 0 bridgehead atoms. The van der Waals surface area contributed by atoms with Crippen LogP contribution in [0.1, 0.15) is 0 Å². The molecule has 0 saturated carbocycles. The predicted octanol–water partition coefficient (Wildman–Crippen LogP) is 2.27. The Bertz CT molecular complexity index is 576. The monoisotopic (exact) mass is 279 g/mol. The average Bonchev–Trinajstić information content (AvgIpc) is 2.41. The highest BCUT2D eigenvalue weighted by atomic mass is 35.5. The molecule has 0 radical (unpaired) electrons. The number of nitrogens with zero attached hydrogens (tertiary/aromatic N) is 3. The molecule has 0 amide bonds. The minimum atomic E-state index is 0.239. The summed E-state index contributed by atoms with van der Waals surface area (Å²) in [4.78, 5) is 9.90. The first-order chi connectivity index (χ1) is 9.10. The van der Waals surface area contributed by atoms with Gasteiger partial charge in [0, 0.05) is 25.8 Å². The van der Waals surface area contributed by atoms with E-state index in [1.807, 2.05) is 43.3 Å². The van der Waals surface area contributed by atoms with E-state index in [2.05, 4.69) is 15.4 Å². The summed E-state index contributed by atoms with van der Waals surface area (Å²) in [6.07, 6.45) is 1.43. The Morgan fingerprint density at radius 2 is 2.16 bits per heavy atom. The van der Waals surface area contributed by atoms with E-state index in [0.717, 1.165) is 5.69 Å². The molecule has 0 aliphatic carbocycles. The first-order valence-corrected chi connectivity index (χ1v) is 5.92. The third-order valence-corrected chi connectivity index (χ3v) is 2.65. The van der Waals surface area contributed by atoms with Gasteiger partial charge in [-0.15, -0.1) is 0 Å². The van der Waals surface area contributed by atoms with Crippen molar-refractivity contribution >= 4 is 23.2 Å². The number of benzene rings is 1. The van der Waals surface area contributed by atoms with E-state index in [1.165, 1.54) is 6.20 Å². The number of nitrogen functional groups attached to an aromatic ring is 1. The van der Waals surface area contributed by atoms with Gasteiger partial charge in [-0.05, 0) is 12.1 Å². The van der Waals surface area contributed by atoms with Gasteiger partial charge in [0.05, 0.1) is 6.20 Å². The number of nitrogens with one attached hydrogen (secondary N) is 1. The lowest BCUT2D eigenvalue weighted by atomic mass is 10.3. The lowest BCUT2D eigenvalue weighted by Crippen LogP contribution is -2.10. The molecule has 0 aliphatic rings. The van der Waals surface area contributed by atoms with Gasteiger partial charge in [0.25, 0.3) is 0 Å². The summed E-state index contributed by atoms with van der Waals surface area (Å²) >= 11 is 5.98. The van der Waals surface area contributed by atoms with Crippen molar-refractivity contribution < 1.29 is 4.74 Å². The van der Waals surface area contributed by atoms with E-state index in [4.69, 9.17) is 22.2 Å². The normalized spacial score (nSPS) is 10.1. The standard InChI is InChI=1S/C12H14ClN5O/c1-18(2)8-4-3-5-9(6-8)19-11-10(13)7-15-12(16-11)17-14/h3-7H,14H2,1-2H3,(H,15,16,17). The SMILES string of the molecule is CN(C)c1cccc(Oc2nc(NN)ncc2Cl)c1. The van der Waals surface area contributed by atoms with Gasteiger partial charge in [-0.25, -0.2) is 10.8 Å². The van der Waals surface area contributed by atoms with E-state index in [-0.39, 0.29) is 11.8 Å². The van der Waals surface area contributed by atoms with Crippen LogP contribution in [0.2, 0.25) is 5.02 Å². The number of hydrogen-bond donors (Lipinski definition) is 2. The molecule has 100 valence electrons. The molecule has 0 fully saturated rings. The number of rotatable bonds is 4. The second kappa shape index (κ2) is 5.73. The maximum atomic E-state index is 5.98. The van der Waals surface area contributed by atoms with Gasteiger partial charge in [-0.1, -0.05) is 17.7 Å². The van der Waals surface area contributed by atoms with Crippen LogP contribution >= 0.6 is 11.6 Å². The second-order valence-corrected chi connectivity index (χ2v) is 4.39. The number of aromatic nitrogens is 2. The molecule has 2 rings (SSSR count). The van der Waals surface area contributed by atoms with Crippen molar-refractivity contribution in [3.63, 3.8) is 0 Å². The molecular weight excluding hydrogens is 266 g/mol. The fourth-order valence-electron chi connectivity index (χ4n) is 1.43. The summed E-state index contributed by atoms with van der Waals surface area (Å²) in [6, 6.07) is 7.57. The predicted molar refractivity (Wildman–Crippen MR) is 75.7 cm³/mol. The van der Waals surface area contributed by atoms with Gasteiger partial charge in [-0.2, -0.15) is 4.98 Å². The Morgan fingerprint density at radius 3 is 2.84 bits per heavy atom. The van der Waals surface area contributed by atoms with Crippen LogP contribution in [0.5, 0.6) is 11.6 Å². The van der Waals surface area contributed by atoms with Crippen molar-refractivity contribution in [1.82, 2.24) is 9.97 Å². The maximum Gasteiger partial charge on any atom is 0.243 e. The molecule has 0 saturated heterocycles. The third kappa shape index (κ3) is 3.24. The minimum absolute atomic E-state index is 0.239. The topological polar surface area (TPSA) is 76.3 Å². The molecule has 6 nitrogen and oxygen atoms in total. The highest BCUT2D eigenvalue weighted by Gasteiger charge is 2.08. The van der Waals surface area contributed by atoms with Crippen molar-refractivity contribution in [3.05, 3.63) is 35.5 Å². The van der Waals surface area contributed by atoms with Crippen molar-refractivity contribution in [2.24, 2.45) is 5.84 Å². The van der Waals surface area contributed by atoms with Crippen LogP contribution in [0.25, 0.3) is 0 Å². The molecule has 7 heteroatoms.